The summed E-state index contributed by atoms with van der Waals surface area (Å²) in [6, 6.07) is 0.232. The molecule has 3 atom stereocenters. The van der Waals surface area contributed by atoms with E-state index in [1.807, 2.05) is 4.90 Å². The summed E-state index contributed by atoms with van der Waals surface area (Å²) in [7, 11) is 0. The molecule has 6 heteroatoms. The number of aliphatic hydroxyl groups is 1. The van der Waals surface area contributed by atoms with E-state index < -0.39 is 11.4 Å². The van der Waals surface area contributed by atoms with Gasteiger partial charge in [-0.25, -0.2) is 4.79 Å². The second kappa shape index (κ2) is 5.16. The predicted molar refractivity (Wildman–Crippen MR) is 75.8 cm³/mol. The van der Waals surface area contributed by atoms with Gasteiger partial charge in [-0.15, -0.1) is 0 Å². The summed E-state index contributed by atoms with van der Waals surface area (Å²) >= 11 is 0. The number of hydrogen-bond acceptors (Lipinski definition) is 3. The first-order valence-electron chi connectivity index (χ1n) is 7.89. The highest BCUT2D eigenvalue weighted by atomic mass is 16.4. The van der Waals surface area contributed by atoms with Gasteiger partial charge in [-0.3, -0.25) is 4.79 Å². The Morgan fingerprint density at radius 3 is 2.38 bits per heavy atom. The molecular weight excluding hydrogens is 272 g/mol. The van der Waals surface area contributed by atoms with Crippen molar-refractivity contribution in [2.45, 2.75) is 63.6 Å². The van der Waals surface area contributed by atoms with Gasteiger partial charge in [0, 0.05) is 25.2 Å². The average Bonchev–Trinajstić information content (AvgIpc) is 2.70. The molecule has 0 aromatic carbocycles. The zero-order valence-corrected chi connectivity index (χ0v) is 12.5. The molecule has 3 rings (SSSR count). The van der Waals surface area contributed by atoms with Crippen molar-refractivity contribution in [2.75, 3.05) is 13.1 Å². The van der Waals surface area contributed by atoms with E-state index in [4.69, 9.17) is 0 Å². The lowest BCUT2D eigenvalue weighted by molar-refractivity contribution is -0.150. The number of urea groups is 1. The average molecular weight is 296 g/mol. The fourth-order valence-corrected chi connectivity index (χ4v) is 4.20. The largest absolute Gasteiger partial charge is 0.481 e. The monoisotopic (exact) mass is 296 g/mol. The number of carbonyl (C=O) groups excluding carboxylic acids is 1. The first-order valence-corrected chi connectivity index (χ1v) is 7.89. The van der Waals surface area contributed by atoms with Crippen LogP contribution in [-0.2, 0) is 4.79 Å². The van der Waals surface area contributed by atoms with Crippen LogP contribution in [0.3, 0.4) is 0 Å². The summed E-state index contributed by atoms with van der Waals surface area (Å²) in [5, 5.41) is 19.2. The van der Waals surface area contributed by atoms with Crippen LogP contribution >= 0.6 is 0 Å². The van der Waals surface area contributed by atoms with Gasteiger partial charge >= 0.3 is 12.0 Å². The number of likely N-dealkylation sites (tertiary alicyclic amines) is 1. The molecule has 2 amide bonds. The molecule has 3 heterocycles. The summed E-state index contributed by atoms with van der Waals surface area (Å²) in [6.07, 6.45) is 4.29. The predicted octanol–water partition coefficient (Wildman–Crippen LogP) is 1.28. The molecule has 3 saturated heterocycles. The lowest BCUT2D eigenvalue weighted by Gasteiger charge is -2.44. The Hall–Kier alpha value is -1.30. The third kappa shape index (κ3) is 2.50. The standard InChI is InChI=1S/C15H24N2O4/c1-15(13(19)20)5-2-6-16(9-15)14(21)17-10-3-4-11(17)8-12(18)7-10/h10-12,18H,2-9H2,1H3,(H,19,20). The normalized spacial score (nSPS) is 39.4. The topological polar surface area (TPSA) is 81.1 Å². The van der Waals surface area contributed by atoms with Crippen LogP contribution in [0.1, 0.15) is 45.4 Å². The molecular formula is C15H24N2O4. The fourth-order valence-electron chi connectivity index (χ4n) is 4.20. The summed E-state index contributed by atoms with van der Waals surface area (Å²) in [6.45, 7) is 2.66. The van der Waals surface area contributed by atoms with E-state index in [2.05, 4.69) is 0 Å². The van der Waals surface area contributed by atoms with Gasteiger partial charge in [0.2, 0.25) is 0 Å². The van der Waals surface area contributed by atoms with E-state index in [0.717, 1.165) is 19.3 Å². The third-order valence-electron chi connectivity index (χ3n) is 5.41. The van der Waals surface area contributed by atoms with E-state index in [1.165, 1.54) is 0 Å². The van der Waals surface area contributed by atoms with Crippen molar-refractivity contribution in [1.82, 2.24) is 9.80 Å². The van der Waals surface area contributed by atoms with E-state index in [9.17, 15) is 19.8 Å². The Labute approximate surface area is 124 Å². The van der Waals surface area contributed by atoms with E-state index in [1.54, 1.807) is 11.8 Å². The number of carboxylic acids is 1. The molecule has 2 bridgehead atoms. The van der Waals surface area contributed by atoms with Crippen molar-refractivity contribution < 1.29 is 19.8 Å². The molecule has 3 fully saturated rings. The Kier molecular flexibility index (Phi) is 3.59. The maximum absolute atomic E-state index is 12.8. The van der Waals surface area contributed by atoms with Crippen LogP contribution < -0.4 is 0 Å². The Bertz CT molecular complexity index is 441. The molecule has 3 aliphatic rings. The van der Waals surface area contributed by atoms with Gasteiger partial charge in [-0.2, -0.15) is 0 Å². The molecule has 0 aromatic rings. The summed E-state index contributed by atoms with van der Waals surface area (Å²) < 4.78 is 0. The first kappa shape index (κ1) is 14.6. The molecule has 21 heavy (non-hydrogen) atoms. The number of nitrogens with zero attached hydrogens (tertiary/aromatic N) is 2. The minimum absolute atomic E-state index is 0.0263. The first-order chi connectivity index (χ1) is 9.90. The molecule has 2 N–H and O–H groups in total. The maximum atomic E-state index is 12.8. The Morgan fingerprint density at radius 2 is 1.81 bits per heavy atom. The molecule has 0 radical (unpaired) electrons. The number of aliphatic hydroxyl groups excluding tert-OH is 1. The summed E-state index contributed by atoms with van der Waals surface area (Å²) in [5.41, 5.74) is -0.831. The van der Waals surface area contributed by atoms with Crippen LogP contribution in [0.15, 0.2) is 0 Å². The number of piperidine rings is 2. The van der Waals surface area contributed by atoms with Crippen molar-refractivity contribution in [3.63, 3.8) is 0 Å². The molecule has 0 aliphatic carbocycles. The highest BCUT2D eigenvalue weighted by molar-refractivity contribution is 5.79. The zero-order chi connectivity index (χ0) is 15.2. The lowest BCUT2D eigenvalue weighted by Crippen LogP contribution is -2.57. The van der Waals surface area contributed by atoms with Crippen molar-refractivity contribution in [3.8, 4) is 0 Å². The van der Waals surface area contributed by atoms with Crippen molar-refractivity contribution in [3.05, 3.63) is 0 Å². The van der Waals surface area contributed by atoms with Crippen LogP contribution in [0, 0.1) is 5.41 Å². The van der Waals surface area contributed by atoms with E-state index >= 15 is 0 Å². The molecule has 0 saturated carbocycles. The van der Waals surface area contributed by atoms with Crippen LogP contribution in [0.2, 0.25) is 0 Å². The van der Waals surface area contributed by atoms with Gasteiger partial charge in [-0.1, -0.05) is 0 Å². The number of hydrogen-bond donors (Lipinski definition) is 2. The Balaban J connectivity index is 1.72. The number of fused-ring (bicyclic) bond motifs is 2. The highest BCUT2D eigenvalue weighted by Crippen LogP contribution is 2.38. The molecule has 0 spiro atoms. The number of amides is 2. The van der Waals surface area contributed by atoms with Gasteiger partial charge in [0.15, 0.2) is 0 Å². The minimum atomic E-state index is -0.831. The fraction of sp³-hybridized carbons (Fsp3) is 0.867. The Morgan fingerprint density at radius 1 is 1.19 bits per heavy atom. The SMILES string of the molecule is CC1(C(=O)O)CCCN(C(=O)N2C3CCC2CC(O)C3)C1. The van der Waals surface area contributed by atoms with Gasteiger partial charge < -0.3 is 20.0 Å². The van der Waals surface area contributed by atoms with Crippen molar-refractivity contribution >= 4 is 12.0 Å². The molecule has 6 nitrogen and oxygen atoms in total. The number of carbonyl (C=O) groups is 2. The second-order valence-corrected chi connectivity index (χ2v) is 7.09. The number of carboxylic acid groups (broad SMARTS) is 1. The van der Waals surface area contributed by atoms with Gasteiger partial charge in [-0.05, 0) is 45.4 Å². The molecule has 118 valence electrons. The van der Waals surface area contributed by atoms with Crippen LogP contribution in [0.25, 0.3) is 0 Å². The van der Waals surface area contributed by atoms with Crippen LogP contribution in [-0.4, -0.2) is 63.3 Å². The van der Waals surface area contributed by atoms with Crippen LogP contribution in [0.4, 0.5) is 4.79 Å². The van der Waals surface area contributed by atoms with Gasteiger partial charge in [0.25, 0.3) is 0 Å². The smallest absolute Gasteiger partial charge is 0.320 e. The summed E-state index contributed by atoms with van der Waals surface area (Å²) in [5.74, 6) is -0.822. The number of aliphatic carboxylic acids is 1. The minimum Gasteiger partial charge on any atom is -0.481 e. The summed E-state index contributed by atoms with van der Waals surface area (Å²) in [4.78, 5) is 27.9. The molecule has 3 aliphatic heterocycles. The number of rotatable bonds is 1. The van der Waals surface area contributed by atoms with Crippen LogP contribution in [0.5, 0.6) is 0 Å². The van der Waals surface area contributed by atoms with Gasteiger partial charge in [0.05, 0.1) is 11.5 Å². The lowest BCUT2D eigenvalue weighted by atomic mass is 9.82. The zero-order valence-electron chi connectivity index (χ0n) is 12.5. The van der Waals surface area contributed by atoms with Crippen molar-refractivity contribution in [1.29, 1.82) is 0 Å². The van der Waals surface area contributed by atoms with E-state index in [-0.39, 0.29) is 24.2 Å². The molecule has 0 aromatic heterocycles. The van der Waals surface area contributed by atoms with E-state index in [0.29, 0.717) is 32.4 Å². The molecule has 3 unspecified atom stereocenters. The quantitative estimate of drug-likeness (QED) is 0.764. The second-order valence-electron chi connectivity index (χ2n) is 7.09. The maximum Gasteiger partial charge on any atom is 0.320 e. The van der Waals surface area contributed by atoms with Crippen molar-refractivity contribution in [2.24, 2.45) is 5.41 Å². The third-order valence-corrected chi connectivity index (χ3v) is 5.41. The van der Waals surface area contributed by atoms with Gasteiger partial charge in [0.1, 0.15) is 0 Å². The highest BCUT2D eigenvalue weighted by Gasteiger charge is 2.46.